The predicted molar refractivity (Wildman–Crippen MR) is 386 cm³/mol. The number of carbonyl (C=O) groups excluding carboxylic acids is 4. The summed E-state index contributed by atoms with van der Waals surface area (Å²) in [6, 6.07) is 0. The Bertz CT molecular complexity index is 1840. The van der Waals surface area contributed by atoms with Crippen LogP contribution in [0.25, 0.3) is 0 Å². The van der Waals surface area contributed by atoms with E-state index in [9.17, 15) is 43.2 Å². The summed E-state index contributed by atoms with van der Waals surface area (Å²) in [4.78, 5) is 72.8. The van der Waals surface area contributed by atoms with Gasteiger partial charge in [-0.1, -0.05) is 343 Å². The lowest BCUT2D eigenvalue weighted by Crippen LogP contribution is -2.30. The molecule has 2 unspecified atom stereocenters. The maximum Gasteiger partial charge on any atom is 0.472 e. The first-order valence-corrected chi connectivity index (χ1v) is 42.5. The molecule has 0 saturated heterocycles. The molecule has 0 saturated carbocycles. The van der Waals surface area contributed by atoms with Crippen LogP contribution in [0.2, 0.25) is 0 Å². The van der Waals surface area contributed by atoms with E-state index in [4.69, 9.17) is 37.0 Å². The van der Waals surface area contributed by atoms with Crippen LogP contribution >= 0.6 is 15.6 Å². The van der Waals surface area contributed by atoms with Crippen LogP contribution in [0.3, 0.4) is 0 Å². The van der Waals surface area contributed by atoms with E-state index in [0.29, 0.717) is 31.6 Å². The Balaban J connectivity index is 5.22. The molecule has 19 heteroatoms. The zero-order valence-electron chi connectivity index (χ0n) is 62.0. The number of aliphatic hydroxyl groups is 1. The van der Waals surface area contributed by atoms with Gasteiger partial charge < -0.3 is 33.8 Å². The van der Waals surface area contributed by atoms with Gasteiger partial charge in [-0.05, 0) is 37.5 Å². The predicted octanol–water partition coefficient (Wildman–Crippen LogP) is 22.3. The van der Waals surface area contributed by atoms with Gasteiger partial charge in [0.05, 0.1) is 26.4 Å². The molecule has 0 aliphatic rings. The van der Waals surface area contributed by atoms with Gasteiger partial charge in [-0.3, -0.25) is 37.3 Å². The number of ether oxygens (including phenoxy) is 4. The Labute approximate surface area is 581 Å². The Hall–Kier alpha value is -1.94. The molecule has 17 nitrogen and oxygen atoms in total. The highest BCUT2D eigenvalue weighted by Crippen LogP contribution is 2.45. The minimum atomic E-state index is -4.96. The van der Waals surface area contributed by atoms with Crippen LogP contribution in [0.1, 0.15) is 395 Å². The molecule has 0 aromatic rings. The first kappa shape index (κ1) is 93.1. The Kier molecular flexibility index (Phi) is 66.5. The maximum absolute atomic E-state index is 13.1. The number of carbonyl (C=O) groups is 4. The molecule has 0 radical (unpaired) electrons. The van der Waals surface area contributed by atoms with Gasteiger partial charge >= 0.3 is 39.5 Å². The number of hydrogen-bond acceptors (Lipinski definition) is 15. The standard InChI is InChI=1S/C76H148O17P2/c1-7-9-11-13-15-17-19-20-23-27-31-34-40-46-52-58-73(78)86-64-71(92-76(81)61-55-49-42-36-32-28-25-22-21-24-26-30-33-38-44-50-56-68(3)4)66-90-94(82,83)88-62-70(77)63-89-95(84,85)91-67-72(65-87-74(79)59-53-47-43-37-39-45-51-57-69(5)6)93-75(80)60-54-48-41-35-29-18-16-14-12-10-8-2/h68-72,77H,7-67H2,1-6H3,(H,82,83)(H,84,85)/t70-,71-,72-/m1/s1. The number of aliphatic hydroxyl groups excluding tert-OH is 1. The van der Waals surface area contributed by atoms with Crippen molar-refractivity contribution in [2.45, 2.75) is 413 Å². The zero-order valence-corrected chi connectivity index (χ0v) is 63.8. The number of phosphoric acid groups is 2. The molecule has 0 fully saturated rings. The van der Waals surface area contributed by atoms with E-state index < -0.39 is 97.5 Å². The molecule has 0 amide bonds. The fourth-order valence-corrected chi connectivity index (χ4v) is 13.2. The molecule has 5 atom stereocenters. The van der Waals surface area contributed by atoms with E-state index in [2.05, 4.69) is 41.5 Å². The molecule has 0 rings (SSSR count). The fourth-order valence-electron chi connectivity index (χ4n) is 11.7. The van der Waals surface area contributed by atoms with Crippen molar-refractivity contribution in [3.8, 4) is 0 Å². The van der Waals surface area contributed by atoms with Crippen molar-refractivity contribution in [3.63, 3.8) is 0 Å². The lowest BCUT2D eigenvalue weighted by Gasteiger charge is -2.21. The van der Waals surface area contributed by atoms with Gasteiger partial charge in [-0.2, -0.15) is 0 Å². The molecular formula is C76H148O17P2. The largest absolute Gasteiger partial charge is 0.472 e. The van der Waals surface area contributed by atoms with Crippen LogP contribution in [-0.4, -0.2) is 96.7 Å². The number of unbranched alkanes of at least 4 members (excludes halogenated alkanes) is 45. The second-order valence-electron chi connectivity index (χ2n) is 28.3. The molecule has 0 aromatic heterocycles. The van der Waals surface area contributed by atoms with Crippen molar-refractivity contribution < 1.29 is 80.2 Å². The second-order valence-corrected chi connectivity index (χ2v) is 31.3. The van der Waals surface area contributed by atoms with E-state index in [1.807, 2.05) is 0 Å². The first-order valence-electron chi connectivity index (χ1n) is 39.5. The number of hydrogen-bond donors (Lipinski definition) is 3. The normalized spacial score (nSPS) is 14.0. The quantitative estimate of drug-likeness (QED) is 0.0222. The molecule has 0 aliphatic heterocycles. The average molecular weight is 1400 g/mol. The van der Waals surface area contributed by atoms with E-state index in [0.717, 1.165) is 102 Å². The topological polar surface area (TPSA) is 237 Å². The zero-order chi connectivity index (χ0) is 70.0. The third-order valence-corrected chi connectivity index (χ3v) is 19.6. The van der Waals surface area contributed by atoms with Crippen molar-refractivity contribution in [3.05, 3.63) is 0 Å². The summed E-state index contributed by atoms with van der Waals surface area (Å²) < 4.78 is 68.5. The van der Waals surface area contributed by atoms with Gasteiger partial charge in [-0.25, -0.2) is 9.13 Å². The highest BCUT2D eigenvalue weighted by molar-refractivity contribution is 7.47. The van der Waals surface area contributed by atoms with Crippen molar-refractivity contribution >= 4 is 39.5 Å². The summed E-state index contributed by atoms with van der Waals surface area (Å²) in [5, 5.41) is 10.6. The van der Waals surface area contributed by atoms with Crippen LogP contribution in [0, 0.1) is 11.8 Å². The lowest BCUT2D eigenvalue weighted by molar-refractivity contribution is -0.161. The van der Waals surface area contributed by atoms with E-state index >= 15 is 0 Å². The van der Waals surface area contributed by atoms with E-state index in [1.54, 1.807) is 0 Å². The molecule has 3 N–H and O–H groups in total. The lowest BCUT2D eigenvalue weighted by atomic mass is 10.0. The van der Waals surface area contributed by atoms with Gasteiger partial charge in [0.2, 0.25) is 0 Å². The van der Waals surface area contributed by atoms with Crippen LogP contribution in [0.4, 0.5) is 0 Å². The molecule has 0 bridgehead atoms. The minimum Gasteiger partial charge on any atom is -0.462 e. The minimum absolute atomic E-state index is 0.106. The molecule has 564 valence electrons. The summed E-state index contributed by atoms with van der Waals surface area (Å²) >= 11 is 0. The first-order chi connectivity index (χ1) is 45.9. The SMILES string of the molecule is CCCCCCCCCCCCCCCCCC(=O)OC[C@H](COP(=O)(O)OC[C@@H](O)COP(=O)(O)OC[C@@H](COC(=O)CCCCCCCCCC(C)C)OC(=O)CCCCCCCCCCCCC)OC(=O)CCCCCCCCCCCCCCCCCCC(C)C. The second kappa shape index (κ2) is 67.9. The van der Waals surface area contributed by atoms with Crippen molar-refractivity contribution in [2.24, 2.45) is 11.8 Å². The van der Waals surface area contributed by atoms with Crippen LogP contribution in [-0.2, 0) is 65.4 Å². The molecule has 0 aromatic carbocycles. The van der Waals surface area contributed by atoms with Crippen molar-refractivity contribution in [1.29, 1.82) is 0 Å². The molecular weight excluding hydrogens is 1250 g/mol. The summed E-state index contributed by atoms with van der Waals surface area (Å²) in [5.41, 5.74) is 0. The summed E-state index contributed by atoms with van der Waals surface area (Å²) in [6.07, 6.45) is 55.5. The molecule has 95 heavy (non-hydrogen) atoms. The molecule has 0 spiro atoms. The van der Waals surface area contributed by atoms with Gasteiger partial charge in [0.25, 0.3) is 0 Å². The third kappa shape index (κ3) is 70.3. The summed E-state index contributed by atoms with van der Waals surface area (Å²) in [6.45, 7) is 9.57. The summed E-state index contributed by atoms with van der Waals surface area (Å²) in [7, 11) is -9.91. The van der Waals surface area contributed by atoms with Gasteiger partial charge in [-0.15, -0.1) is 0 Å². The van der Waals surface area contributed by atoms with Gasteiger partial charge in [0, 0.05) is 25.7 Å². The van der Waals surface area contributed by atoms with Crippen molar-refractivity contribution in [2.75, 3.05) is 39.6 Å². The Morgan fingerprint density at radius 1 is 0.284 bits per heavy atom. The van der Waals surface area contributed by atoms with Crippen LogP contribution in [0.15, 0.2) is 0 Å². The third-order valence-electron chi connectivity index (χ3n) is 17.7. The van der Waals surface area contributed by atoms with Gasteiger partial charge in [0.15, 0.2) is 12.2 Å². The van der Waals surface area contributed by atoms with E-state index in [-0.39, 0.29) is 25.7 Å². The van der Waals surface area contributed by atoms with Crippen LogP contribution < -0.4 is 0 Å². The Morgan fingerprint density at radius 2 is 0.484 bits per heavy atom. The average Bonchev–Trinajstić information content (AvgIpc) is 1.60. The highest BCUT2D eigenvalue weighted by atomic mass is 31.2. The number of esters is 4. The van der Waals surface area contributed by atoms with Gasteiger partial charge in [0.1, 0.15) is 19.3 Å². The highest BCUT2D eigenvalue weighted by Gasteiger charge is 2.30. The smallest absolute Gasteiger partial charge is 0.462 e. The maximum atomic E-state index is 13.1. The monoisotopic (exact) mass is 1400 g/mol. The van der Waals surface area contributed by atoms with E-state index in [1.165, 1.54) is 205 Å². The summed E-state index contributed by atoms with van der Waals surface area (Å²) in [5.74, 6) is -0.600. The van der Waals surface area contributed by atoms with Crippen LogP contribution in [0.5, 0.6) is 0 Å². The molecule has 0 heterocycles. The van der Waals surface area contributed by atoms with Crippen molar-refractivity contribution in [1.82, 2.24) is 0 Å². The fraction of sp³-hybridized carbons (Fsp3) is 0.947. The molecule has 0 aliphatic carbocycles. The Morgan fingerprint density at radius 3 is 0.716 bits per heavy atom. The number of rotatable bonds is 75. The number of phosphoric ester groups is 2.